The zero-order valence-electron chi connectivity index (χ0n) is 13.7. The zero-order chi connectivity index (χ0) is 18.0. The molecule has 0 aromatic heterocycles. The molecule has 0 radical (unpaired) electrons. The minimum Gasteiger partial charge on any atom is -0.326 e. The predicted octanol–water partition coefficient (Wildman–Crippen LogP) is 1.09. The van der Waals surface area contributed by atoms with Crippen molar-refractivity contribution in [3.8, 4) is 0 Å². The van der Waals surface area contributed by atoms with Gasteiger partial charge in [0.2, 0.25) is 15.9 Å². The zero-order valence-corrected chi connectivity index (χ0v) is 15.4. The summed E-state index contributed by atoms with van der Waals surface area (Å²) in [5.41, 5.74) is 0.447. The van der Waals surface area contributed by atoms with E-state index in [2.05, 4.69) is 5.32 Å². The summed E-state index contributed by atoms with van der Waals surface area (Å²) in [6.45, 7) is 4.30. The molecule has 0 aliphatic carbocycles. The second-order valence-electron chi connectivity index (χ2n) is 5.70. The van der Waals surface area contributed by atoms with E-state index in [1.165, 1.54) is 28.6 Å². The summed E-state index contributed by atoms with van der Waals surface area (Å²) in [7, 11) is -6.66. The number of rotatable bonds is 6. The molecular weight excluding hydrogens is 352 g/mol. The summed E-state index contributed by atoms with van der Waals surface area (Å²) in [6.07, 6.45) is 0.322. The van der Waals surface area contributed by atoms with Crippen molar-refractivity contribution in [2.24, 2.45) is 5.92 Å². The molecule has 1 fully saturated rings. The van der Waals surface area contributed by atoms with E-state index in [0.29, 0.717) is 25.2 Å². The highest BCUT2D eigenvalue weighted by atomic mass is 32.2. The molecule has 1 heterocycles. The molecule has 1 N–H and O–H groups in total. The SMILES string of the molecule is CCN(CC)S(=O)(=O)c1ccc(NC(=O)C2CCS(=O)(=O)C2)cc1. The van der Waals surface area contributed by atoms with Crippen LogP contribution in [0.3, 0.4) is 0 Å². The number of nitrogens with zero attached hydrogens (tertiary/aromatic N) is 1. The largest absolute Gasteiger partial charge is 0.326 e. The van der Waals surface area contributed by atoms with Crippen LogP contribution in [0.1, 0.15) is 20.3 Å². The van der Waals surface area contributed by atoms with E-state index < -0.39 is 25.8 Å². The lowest BCUT2D eigenvalue weighted by Crippen LogP contribution is -2.30. The molecule has 0 bridgehead atoms. The first-order valence-electron chi connectivity index (χ1n) is 7.81. The molecule has 2 rings (SSSR count). The van der Waals surface area contributed by atoms with Crippen LogP contribution in [0.5, 0.6) is 0 Å². The van der Waals surface area contributed by atoms with Gasteiger partial charge in [0.15, 0.2) is 9.84 Å². The fourth-order valence-electron chi connectivity index (χ4n) is 2.67. The van der Waals surface area contributed by atoms with Gasteiger partial charge in [0, 0.05) is 18.8 Å². The highest BCUT2D eigenvalue weighted by Gasteiger charge is 2.33. The van der Waals surface area contributed by atoms with E-state index in [1.807, 2.05) is 0 Å². The first kappa shape index (κ1) is 18.9. The second-order valence-corrected chi connectivity index (χ2v) is 9.87. The molecule has 7 nitrogen and oxygen atoms in total. The highest BCUT2D eigenvalue weighted by molar-refractivity contribution is 7.91. The van der Waals surface area contributed by atoms with E-state index in [4.69, 9.17) is 0 Å². The average Bonchev–Trinajstić information content (AvgIpc) is 2.89. The third-order valence-electron chi connectivity index (χ3n) is 4.07. The number of benzene rings is 1. The quantitative estimate of drug-likeness (QED) is 0.803. The maximum absolute atomic E-state index is 12.4. The van der Waals surface area contributed by atoms with Gasteiger partial charge in [-0.1, -0.05) is 13.8 Å². The molecule has 1 aliphatic heterocycles. The Morgan fingerprint density at radius 2 is 1.79 bits per heavy atom. The molecule has 1 aliphatic rings. The van der Waals surface area contributed by atoms with Crippen molar-refractivity contribution in [3.63, 3.8) is 0 Å². The normalized spacial score (nSPS) is 20.2. The molecule has 1 aromatic rings. The van der Waals surface area contributed by atoms with Gasteiger partial charge in [0.25, 0.3) is 0 Å². The number of hydrogen-bond acceptors (Lipinski definition) is 5. The van der Waals surface area contributed by atoms with E-state index >= 15 is 0 Å². The summed E-state index contributed by atoms with van der Waals surface area (Å²) < 4.78 is 49.0. The van der Waals surface area contributed by atoms with Gasteiger partial charge in [-0.3, -0.25) is 4.79 Å². The van der Waals surface area contributed by atoms with Crippen LogP contribution in [0.2, 0.25) is 0 Å². The fourth-order valence-corrected chi connectivity index (χ4v) is 5.87. The number of carbonyl (C=O) groups excluding carboxylic acids is 1. The van der Waals surface area contributed by atoms with Gasteiger partial charge in [-0.15, -0.1) is 0 Å². The lowest BCUT2D eigenvalue weighted by atomic mass is 10.1. The highest BCUT2D eigenvalue weighted by Crippen LogP contribution is 2.22. The van der Waals surface area contributed by atoms with Gasteiger partial charge in [0.1, 0.15) is 0 Å². The monoisotopic (exact) mass is 374 g/mol. The topological polar surface area (TPSA) is 101 Å². The minimum atomic E-state index is -3.54. The Hall–Kier alpha value is -1.45. The molecule has 1 unspecified atom stereocenters. The number of sulfone groups is 1. The fraction of sp³-hybridized carbons (Fsp3) is 0.533. The Morgan fingerprint density at radius 3 is 2.25 bits per heavy atom. The van der Waals surface area contributed by atoms with Gasteiger partial charge >= 0.3 is 0 Å². The van der Waals surface area contributed by atoms with Crippen LogP contribution < -0.4 is 5.32 Å². The van der Waals surface area contributed by atoms with E-state index in [0.717, 1.165) is 0 Å². The van der Waals surface area contributed by atoms with E-state index in [1.54, 1.807) is 13.8 Å². The van der Waals surface area contributed by atoms with E-state index in [-0.39, 0.29) is 22.3 Å². The molecule has 9 heteroatoms. The minimum absolute atomic E-state index is 0.0339. The summed E-state index contributed by atoms with van der Waals surface area (Å²) in [6, 6.07) is 5.90. The molecule has 1 aromatic carbocycles. The van der Waals surface area contributed by atoms with Crippen molar-refractivity contribution >= 4 is 31.5 Å². The van der Waals surface area contributed by atoms with Crippen LogP contribution >= 0.6 is 0 Å². The number of carbonyl (C=O) groups is 1. The molecule has 1 atom stereocenters. The first-order valence-corrected chi connectivity index (χ1v) is 11.1. The summed E-state index contributed by atoms with van der Waals surface area (Å²) in [5.74, 6) is -0.996. The Kier molecular flexibility index (Phi) is 5.67. The van der Waals surface area contributed by atoms with Gasteiger partial charge in [-0.25, -0.2) is 16.8 Å². The van der Waals surface area contributed by atoms with Crippen LogP contribution in [0.4, 0.5) is 5.69 Å². The molecular formula is C15H22N2O5S2. The molecule has 134 valence electrons. The van der Waals surface area contributed by atoms with Crippen molar-refractivity contribution in [3.05, 3.63) is 24.3 Å². The van der Waals surface area contributed by atoms with Crippen LogP contribution in [0.25, 0.3) is 0 Å². The van der Waals surface area contributed by atoms with Gasteiger partial charge in [-0.05, 0) is 30.7 Å². The number of sulfonamides is 1. The van der Waals surface area contributed by atoms with Crippen LogP contribution in [0.15, 0.2) is 29.2 Å². The second kappa shape index (κ2) is 7.20. The summed E-state index contributed by atoms with van der Waals surface area (Å²) in [5, 5.41) is 2.65. The van der Waals surface area contributed by atoms with Gasteiger partial charge < -0.3 is 5.32 Å². The average molecular weight is 374 g/mol. The van der Waals surface area contributed by atoms with Crippen LogP contribution in [-0.2, 0) is 24.7 Å². The van der Waals surface area contributed by atoms with Crippen molar-refractivity contribution < 1.29 is 21.6 Å². The number of nitrogens with one attached hydrogen (secondary N) is 1. The van der Waals surface area contributed by atoms with Crippen molar-refractivity contribution in [2.75, 3.05) is 29.9 Å². The first-order chi connectivity index (χ1) is 11.2. The summed E-state index contributed by atoms with van der Waals surface area (Å²) in [4.78, 5) is 12.2. The standard InChI is InChI=1S/C15H22N2O5S2/c1-3-17(4-2)24(21,22)14-7-5-13(6-8-14)16-15(18)12-9-10-23(19,20)11-12/h5-8,12H,3-4,9-11H2,1-2H3,(H,16,18). The Bertz CT molecular complexity index is 797. The molecule has 1 saturated heterocycles. The summed E-state index contributed by atoms with van der Waals surface area (Å²) >= 11 is 0. The van der Waals surface area contributed by atoms with Gasteiger partial charge in [-0.2, -0.15) is 4.31 Å². The third kappa shape index (κ3) is 4.14. The maximum atomic E-state index is 12.4. The van der Waals surface area contributed by atoms with Crippen molar-refractivity contribution in [1.29, 1.82) is 0 Å². The smallest absolute Gasteiger partial charge is 0.243 e. The van der Waals surface area contributed by atoms with Crippen LogP contribution in [-0.4, -0.2) is 51.6 Å². The molecule has 1 amide bonds. The number of anilines is 1. The molecule has 24 heavy (non-hydrogen) atoms. The molecule has 0 saturated carbocycles. The van der Waals surface area contributed by atoms with Gasteiger partial charge in [0.05, 0.1) is 22.3 Å². The van der Waals surface area contributed by atoms with Crippen LogP contribution in [0, 0.1) is 5.92 Å². The van der Waals surface area contributed by atoms with E-state index in [9.17, 15) is 21.6 Å². The molecule has 0 spiro atoms. The Balaban J connectivity index is 2.09. The van der Waals surface area contributed by atoms with Crippen molar-refractivity contribution in [1.82, 2.24) is 4.31 Å². The predicted molar refractivity (Wildman–Crippen MR) is 91.9 cm³/mol. The lowest BCUT2D eigenvalue weighted by molar-refractivity contribution is -0.119. The van der Waals surface area contributed by atoms with Crippen molar-refractivity contribution in [2.45, 2.75) is 25.2 Å². The third-order valence-corrected chi connectivity index (χ3v) is 7.90. The Labute approximate surface area is 143 Å². The lowest BCUT2D eigenvalue weighted by Gasteiger charge is -2.18. The Morgan fingerprint density at radius 1 is 1.21 bits per heavy atom. The maximum Gasteiger partial charge on any atom is 0.243 e. The number of hydrogen-bond donors (Lipinski definition) is 1. The number of amides is 1.